The van der Waals surface area contributed by atoms with E-state index in [-0.39, 0.29) is 18.1 Å². The predicted molar refractivity (Wildman–Crippen MR) is 121 cm³/mol. The van der Waals surface area contributed by atoms with E-state index in [0.717, 1.165) is 16.7 Å². The second kappa shape index (κ2) is 8.79. The highest BCUT2D eigenvalue weighted by Crippen LogP contribution is 2.49. The Kier molecular flexibility index (Phi) is 5.91. The molecule has 4 rings (SSSR count). The number of β-lactam (4-membered cyclic amide) rings is 1. The normalized spacial score (nSPS) is 18.1. The molecule has 0 saturated carbocycles. The Balaban J connectivity index is 2.02. The molecular formula is C27H25NO4. The van der Waals surface area contributed by atoms with Gasteiger partial charge in [-0.15, -0.1) is 0 Å². The zero-order valence-electron chi connectivity index (χ0n) is 18.1. The van der Waals surface area contributed by atoms with Crippen LogP contribution in [0.2, 0.25) is 0 Å². The molecule has 32 heavy (non-hydrogen) atoms. The number of benzene rings is 3. The molecule has 1 saturated heterocycles. The number of amides is 1. The van der Waals surface area contributed by atoms with Gasteiger partial charge in [0.05, 0.1) is 19.6 Å². The van der Waals surface area contributed by atoms with Gasteiger partial charge in [-0.05, 0) is 23.6 Å². The first kappa shape index (κ1) is 21.5. The highest BCUT2D eigenvalue weighted by Gasteiger charge is 2.60. The first-order valence-electron chi connectivity index (χ1n) is 10.6. The van der Waals surface area contributed by atoms with Crippen molar-refractivity contribution in [2.45, 2.75) is 24.9 Å². The molecule has 0 radical (unpaired) electrons. The molecule has 0 N–H and O–H groups in total. The number of ketones is 1. The molecule has 0 unspecified atom stereocenters. The summed E-state index contributed by atoms with van der Waals surface area (Å²) in [6.45, 7) is 1.40. The van der Waals surface area contributed by atoms with Gasteiger partial charge >= 0.3 is 5.97 Å². The Morgan fingerprint density at radius 2 is 1.22 bits per heavy atom. The Hall–Kier alpha value is -3.73. The highest BCUT2D eigenvalue weighted by atomic mass is 16.5. The Labute approximate surface area is 187 Å². The quantitative estimate of drug-likeness (QED) is 0.248. The average Bonchev–Trinajstić information content (AvgIpc) is 2.83. The van der Waals surface area contributed by atoms with E-state index in [9.17, 15) is 14.4 Å². The summed E-state index contributed by atoms with van der Waals surface area (Å²) in [5, 5.41) is 0. The van der Waals surface area contributed by atoms with E-state index in [1.807, 2.05) is 91.0 Å². The molecule has 1 heterocycles. The molecule has 0 aliphatic carbocycles. The molecule has 162 valence electrons. The van der Waals surface area contributed by atoms with Gasteiger partial charge in [-0.1, -0.05) is 91.0 Å². The number of carbonyl (C=O) groups is 3. The standard InChI is InChI=1S/C27H25NO4/c1-19(29)25-23(18-24(30)32-2)28(26(25)31)27(20-12-6-3-7-13-20,21-14-8-4-9-15-21)22-16-10-5-11-17-22/h3-17,23,25H,18H2,1-2H3/t23-,25+/m0/s1. The van der Waals surface area contributed by atoms with Gasteiger partial charge in [0.15, 0.2) is 0 Å². The van der Waals surface area contributed by atoms with Gasteiger partial charge in [0.1, 0.15) is 17.2 Å². The molecule has 0 spiro atoms. The lowest BCUT2D eigenvalue weighted by molar-refractivity contribution is -0.171. The van der Waals surface area contributed by atoms with Crippen LogP contribution in [0.15, 0.2) is 91.0 Å². The minimum Gasteiger partial charge on any atom is -0.469 e. The summed E-state index contributed by atoms with van der Waals surface area (Å²) in [5.41, 5.74) is 1.62. The number of hydrogen-bond donors (Lipinski definition) is 0. The van der Waals surface area contributed by atoms with Crippen molar-refractivity contribution in [3.8, 4) is 0 Å². The number of likely N-dealkylation sites (tertiary alicyclic amines) is 1. The SMILES string of the molecule is COC(=O)C[C@H]1[C@@H](C(C)=O)C(=O)N1C(c1ccccc1)(c1ccccc1)c1ccccc1. The Morgan fingerprint density at radius 3 is 1.56 bits per heavy atom. The van der Waals surface area contributed by atoms with E-state index >= 15 is 0 Å². The zero-order chi connectivity index (χ0) is 22.7. The first-order chi connectivity index (χ1) is 15.5. The summed E-state index contributed by atoms with van der Waals surface area (Å²) >= 11 is 0. The van der Waals surface area contributed by atoms with Gasteiger partial charge < -0.3 is 9.64 Å². The van der Waals surface area contributed by atoms with Gasteiger partial charge in [-0.25, -0.2) is 0 Å². The van der Waals surface area contributed by atoms with E-state index < -0.39 is 23.5 Å². The average molecular weight is 428 g/mol. The molecule has 1 aliphatic heterocycles. The van der Waals surface area contributed by atoms with Crippen molar-refractivity contribution in [3.05, 3.63) is 108 Å². The fourth-order valence-corrected chi connectivity index (χ4v) is 4.82. The van der Waals surface area contributed by atoms with Crippen molar-refractivity contribution in [3.63, 3.8) is 0 Å². The van der Waals surface area contributed by atoms with Crippen LogP contribution in [0, 0.1) is 5.92 Å². The zero-order valence-corrected chi connectivity index (χ0v) is 18.1. The summed E-state index contributed by atoms with van der Waals surface area (Å²) < 4.78 is 4.91. The maximum atomic E-state index is 13.6. The lowest BCUT2D eigenvalue weighted by atomic mass is 9.69. The van der Waals surface area contributed by atoms with Crippen LogP contribution in [0.3, 0.4) is 0 Å². The van der Waals surface area contributed by atoms with Crippen molar-refractivity contribution in [2.24, 2.45) is 5.92 Å². The number of esters is 1. The topological polar surface area (TPSA) is 63.7 Å². The summed E-state index contributed by atoms with van der Waals surface area (Å²) in [7, 11) is 1.31. The molecular weight excluding hydrogens is 402 g/mol. The number of ether oxygens (including phenoxy) is 1. The molecule has 3 aromatic rings. The summed E-state index contributed by atoms with van der Waals surface area (Å²) in [4.78, 5) is 40.0. The van der Waals surface area contributed by atoms with Crippen molar-refractivity contribution in [1.82, 2.24) is 4.90 Å². The second-order valence-corrected chi connectivity index (χ2v) is 7.95. The molecule has 1 aliphatic rings. The van der Waals surface area contributed by atoms with Gasteiger partial charge in [-0.3, -0.25) is 14.4 Å². The van der Waals surface area contributed by atoms with Crippen molar-refractivity contribution in [1.29, 1.82) is 0 Å². The molecule has 1 amide bonds. The van der Waals surface area contributed by atoms with E-state index in [2.05, 4.69) is 0 Å². The van der Waals surface area contributed by atoms with Crippen LogP contribution in [-0.2, 0) is 24.7 Å². The molecule has 0 aromatic heterocycles. The number of nitrogens with zero attached hydrogens (tertiary/aromatic N) is 1. The summed E-state index contributed by atoms with van der Waals surface area (Å²) in [6, 6.07) is 28.6. The maximum absolute atomic E-state index is 13.6. The number of hydrogen-bond acceptors (Lipinski definition) is 4. The lowest BCUT2D eigenvalue weighted by Crippen LogP contribution is -2.71. The summed E-state index contributed by atoms with van der Waals surface area (Å²) in [6.07, 6.45) is -0.0548. The first-order valence-corrected chi connectivity index (χ1v) is 10.6. The van der Waals surface area contributed by atoms with Crippen LogP contribution in [0.1, 0.15) is 30.0 Å². The molecule has 2 atom stereocenters. The van der Waals surface area contributed by atoms with Gasteiger partial charge in [0.25, 0.3) is 0 Å². The van der Waals surface area contributed by atoms with E-state index in [1.165, 1.54) is 14.0 Å². The van der Waals surface area contributed by atoms with Crippen molar-refractivity contribution < 1.29 is 19.1 Å². The highest BCUT2D eigenvalue weighted by molar-refractivity contribution is 6.07. The summed E-state index contributed by atoms with van der Waals surface area (Å²) in [5.74, 6) is -1.86. The van der Waals surface area contributed by atoms with Crippen LogP contribution in [0.5, 0.6) is 0 Å². The lowest BCUT2D eigenvalue weighted by Gasteiger charge is -2.57. The molecule has 0 bridgehead atoms. The third kappa shape index (κ3) is 3.40. The molecule has 5 heteroatoms. The molecule has 1 fully saturated rings. The van der Waals surface area contributed by atoms with Gasteiger partial charge in [-0.2, -0.15) is 0 Å². The fourth-order valence-electron chi connectivity index (χ4n) is 4.82. The Bertz CT molecular complexity index is 1020. The van der Waals surface area contributed by atoms with Crippen LogP contribution in [-0.4, -0.2) is 35.7 Å². The molecule has 3 aromatic carbocycles. The third-order valence-electron chi connectivity index (χ3n) is 6.20. The molecule has 5 nitrogen and oxygen atoms in total. The predicted octanol–water partition coefficient (Wildman–Crippen LogP) is 3.96. The Morgan fingerprint density at radius 1 is 0.812 bits per heavy atom. The number of methoxy groups -OCH3 is 1. The van der Waals surface area contributed by atoms with Crippen molar-refractivity contribution in [2.75, 3.05) is 7.11 Å². The fraction of sp³-hybridized carbons (Fsp3) is 0.222. The van der Waals surface area contributed by atoms with Crippen LogP contribution >= 0.6 is 0 Å². The van der Waals surface area contributed by atoms with Crippen LogP contribution in [0.4, 0.5) is 0 Å². The maximum Gasteiger partial charge on any atom is 0.307 e. The third-order valence-corrected chi connectivity index (χ3v) is 6.20. The monoisotopic (exact) mass is 427 g/mol. The van der Waals surface area contributed by atoms with Gasteiger partial charge in [0, 0.05) is 0 Å². The van der Waals surface area contributed by atoms with E-state index in [0.29, 0.717) is 0 Å². The van der Waals surface area contributed by atoms with Crippen LogP contribution < -0.4 is 0 Å². The van der Waals surface area contributed by atoms with Gasteiger partial charge in [0.2, 0.25) is 5.91 Å². The van der Waals surface area contributed by atoms with E-state index in [4.69, 9.17) is 4.74 Å². The number of Topliss-reactive ketones (excluding diaryl/α,β-unsaturated/α-hetero) is 1. The van der Waals surface area contributed by atoms with Crippen LogP contribution in [0.25, 0.3) is 0 Å². The number of rotatable bonds is 7. The second-order valence-electron chi connectivity index (χ2n) is 7.95. The minimum atomic E-state index is -1.01. The smallest absolute Gasteiger partial charge is 0.307 e. The largest absolute Gasteiger partial charge is 0.469 e. The minimum absolute atomic E-state index is 0.0548. The van der Waals surface area contributed by atoms with Crippen molar-refractivity contribution >= 4 is 17.7 Å². The number of carbonyl (C=O) groups excluding carboxylic acids is 3. The van der Waals surface area contributed by atoms with E-state index in [1.54, 1.807) is 4.90 Å².